The number of hydrogen-bond acceptors (Lipinski definition) is 3. The van der Waals surface area contributed by atoms with Crippen LogP contribution in [-0.4, -0.2) is 0 Å². The number of aryl methyl sites for hydroxylation is 1. The highest BCUT2D eigenvalue weighted by Crippen LogP contribution is 2.22. The van der Waals surface area contributed by atoms with Crippen LogP contribution >= 0.6 is 15.9 Å². The fourth-order valence-electron chi connectivity index (χ4n) is 1.54. The molecule has 0 aliphatic carbocycles. The van der Waals surface area contributed by atoms with Crippen LogP contribution in [0.1, 0.15) is 16.9 Å². The predicted molar refractivity (Wildman–Crippen MR) is 69.8 cm³/mol. The number of rotatable bonds is 4. The molecule has 2 rings (SSSR count). The fraction of sp³-hybridized carbons (Fsp3) is 0.231. The molecule has 0 fully saturated rings. The van der Waals surface area contributed by atoms with E-state index in [1.807, 2.05) is 31.2 Å². The van der Waals surface area contributed by atoms with E-state index in [1.165, 1.54) is 0 Å². The first kappa shape index (κ1) is 12.2. The molecule has 0 spiro atoms. The molecule has 0 bridgehead atoms. The van der Waals surface area contributed by atoms with Crippen molar-refractivity contribution in [3.63, 3.8) is 0 Å². The largest absolute Gasteiger partial charge is 0.489 e. The predicted octanol–water partition coefficient (Wildman–Crippen LogP) is 3.39. The van der Waals surface area contributed by atoms with Crippen LogP contribution in [0.5, 0.6) is 5.75 Å². The Labute approximate surface area is 109 Å². The van der Waals surface area contributed by atoms with Gasteiger partial charge in [-0.15, -0.1) is 0 Å². The van der Waals surface area contributed by atoms with Crippen LogP contribution < -0.4 is 10.5 Å². The molecule has 0 aliphatic heterocycles. The molecule has 2 N–H and O–H groups in total. The molecule has 1 aromatic carbocycles. The zero-order valence-corrected chi connectivity index (χ0v) is 11.2. The monoisotopic (exact) mass is 295 g/mol. The van der Waals surface area contributed by atoms with Crippen LogP contribution in [0.3, 0.4) is 0 Å². The smallest absolute Gasteiger partial charge is 0.123 e. The summed E-state index contributed by atoms with van der Waals surface area (Å²) in [5.41, 5.74) is 7.69. The summed E-state index contributed by atoms with van der Waals surface area (Å²) in [7, 11) is 0. The van der Waals surface area contributed by atoms with Crippen LogP contribution in [0.15, 0.2) is 39.4 Å². The molecule has 2 aromatic rings. The van der Waals surface area contributed by atoms with Gasteiger partial charge in [0.25, 0.3) is 0 Å². The van der Waals surface area contributed by atoms with Gasteiger partial charge in [-0.3, -0.25) is 0 Å². The van der Waals surface area contributed by atoms with Crippen LogP contribution in [0, 0.1) is 6.92 Å². The summed E-state index contributed by atoms with van der Waals surface area (Å²) in [5.74, 6) is 1.62. The van der Waals surface area contributed by atoms with Crippen molar-refractivity contribution >= 4 is 15.9 Å². The van der Waals surface area contributed by atoms with Gasteiger partial charge in [0.1, 0.15) is 18.1 Å². The quantitative estimate of drug-likeness (QED) is 0.940. The van der Waals surface area contributed by atoms with Gasteiger partial charge in [-0.05, 0) is 36.8 Å². The molecule has 0 saturated carbocycles. The number of nitrogens with two attached hydrogens (primary N) is 1. The molecule has 17 heavy (non-hydrogen) atoms. The standard InChI is InChI=1S/C13H14BrNO2/c1-9-6-11(2-3-12(9)14)17-8-10-4-5-16-13(10)7-15/h2-6H,7-8,15H2,1H3. The molecular weight excluding hydrogens is 282 g/mol. The third kappa shape index (κ3) is 2.90. The zero-order valence-electron chi connectivity index (χ0n) is 9.57. The van der Waals surface area contributed by atoms with E-state index in [1.54, 1.807) is 6.26 Å². The number of hydrogen-bond donors (Lipinski definition) is 1. The van der Waals surface area contributed by atoms with Crippen molar-refractivity contribution in [3.8, 4) is 5.75 Å². The lowest BCUT2D eigenvalue weighted by molar-refractivity contribution is 0.302. The SMILES string of the molecule is Cc1cc(OCc2ccoc2CN)ccc1Br. The van der Waals surface area contributed by atoms with Gasteiger partial charge in [-0.1, -0.05) is 15.9 Å². The molecule has 4 heteroatoms. The van der Waals surface area contributed by atoms with Crippen molar-refractivity contribution in [2.45, 2.75) is 20.1 Å². The van der Waals surface area contributed by atoms with Crippen LogP contribution in [0.2, 0.25) is 0 Å². The Balaban J connectivity index is 2.05. The molecule has 3 nitrogen and oxygen atoms in total. The van der Waals surface area contributed by atoms with Gasteiger partial charge in [-0.2, -0.15) is 0 Å². The van der Waals surface area contributed by atoms with Crippen molar-refractivity contribution in [2.75, 3.05) is 0 Å². The number of benzene rings is 1. The molecular formula is C13H14BrNO2. The third-order valence-electron chi connectivity index (χ3n) is 2.55. The third-order valence-corrected chi connectivity index (χ3v) is 3.44. The van der Waals surface area contributed by atoms with Gasteiger partial charge >= 0.3 is 0 Å². The highest BCUT2D eigenvalue weighted by atomic mass is 79.9. The van der Waals surface area contributed by atoms with E-state index < -0.39 is 0 Å². The van der Waals surface area contributed by atoms with E-state index in [4.69, 9.17) is 14.9 Å². The van der Waals surface area contributed by atoms with Crippen LogP contribution in [0.25, 0.3) is 0 Å². The lowest BCUT2D eigenvalue weighted by atomic mass is 10.2. The Bertz CT molecular complexity index is 508. The number of halogens is 1. The maximum absolute atomic E-state index is 5.69. The number of ether oxygens (including phenoxy) is 1. The first-order valence-electron chi connectivity index (χ1n) is 5.35. The molecule has 1 heterocycles. The molecule has 0 amide bonds. The number of furan rings is 1. The van der Waals surface area contributed by atoms with E-state index in [0.717, 1.165) is 27.1 Å². The van der Waals surface area contributed by atoms with Crippen molar-refractivity contribution in [2.24, 2.45) is 5.73 Å². The summed E-state index contributed by atoms with van der Waals surface area (Å²) >= 11 is 3.45. The second-order valence-electron chi connectivity index (χ2n) is 3.77. The van der Waals surface area contributed by atoms with Crippen molar-refractivity contribution in [1.29, 1.82) is 0 Å². The summed E-state index contributed by atoms with van der Waals surface area (Å²) in [5, 5.41) is 0. The Morgan fingerprint density at radius 3 is 2.88 bits per heavy atom. The fourth-order valence-corrected chi connectivity index (χ4v) is 1.79. The van der Waals surface area contributed by atoms with E-state index in [-0.39, 0.29) is 0 Å². The second-order valence-corrected chi connectivity index (χ2v) is 4.63. The molecule has 0 radical (unpaired) electrons. The highest BCUT2D eigenvalue weighted by Gasteiger charge is 2.05. The molecule has 0 atom stereocenters. The van der Waals surface area contributed by atoms with Gasteiger partial charge in [0, 0.05) is 10.0 Å². The van der Waals surface area contributed by atoms with Gasteiger partial charge in [-0.25, -0.2) is 0 Å². The highest BCUT2D eigenvalue weighted by molar-refractivity contribution is 9.10. The van der Waals surface area contributed by atoms with Crippen molar-refractivity contribution in [1.82, 2.24) is 0 Å². The van der Waals surface area contributed by atoms with Crippen molar-refractivity contribution < 1.29 is 9.15 Å². The Morgan fingerprint density at radius 2 is 2.18 bits per heavy atom. The zero-order chi connectivity index (χ0) is 12.3. The average molecular weight is 296 g/mol. The Hall–Kier alpha value is -1.26. The Kier molecular flexibility index (Phi) is 3.86. The van der Waals surface area contributed by atoms with Crippen molar-refractivity contribution in [3.05, 3.63) is 51.9 Å². The Morgan fingerprint density at radius 1 is 1.35 bits per heavy atom. The second kappa shape index (κ2) is 5.38. The van der Waals surface area contributed by atoms with Gasteiger partial charge in [0.05, 0.1) is 12.8 Å². The first-order chi connectivity index (χ1) is 8.20. The molecule has 0 aliphatic rings. The maximum Gasteiger partial charge on any atom is 0.123 e. The summed E-state index contributed by atoms with van der Waals surface area (Å²) in [6.45, 7) is 2.90. The van der Waals surface area contributed by atoms with E-state index in [0.29, 0.717) is 13.2 Å². The summed E-state index contributed by atoms with van der Waals surface area (Å²) in [6, 6.07) is 7.78. The lowest BCUT2D eigenvalue weighted by Crippen LogP contribution is -2.02. The van der Waals surface area contributed by atoms with E-state index >= 15 is 0 Å². The molecule has 0 saturated heterocycles. The molecule has 1 aromatic heterocycles. The first-order valence-corrected chi connectivity index (χ1v) is 6.14. The minimum absolute atomic E-state index is 0.394. The summed E-state index contributed by atoms with van der Waals surface area (Å²) in [6.07, 6.45) is 1.63. The van der Waals surface area contributed by atoms with E-state index in [2.05, 4.69) is 15.9 Å². The summed E-state index contributed by atoms with van der Waals surface area (Å²) in [4.78, 5) is 0. The van der Waals surface area contributed by atoms with E-state index in [9.17, 15) is 0 Å². The lowest BCUT2D eigenvalue weighted by Gasteiger charge is -2.07. The van der Waals surface area contributed by atoms with Gasteiger partial charge < -0.3 is 14.9 Å². The minimum atomic E-state index is 0.394. The van der Waals surface area contributed by atoms with Gasteiger partial charge in [0.2, 0.25) is 0 Å². The van der Waals surface area contributed by atoms with Crippen LogP contribution in [0.4, 0.5) is 0 Å². The maximum atomic E-state index is 5.69. The van der Waals surface area contributed by atoms with Gasteiger partial charge in [0.15, 0.2) is 0 Å². The normalized spacial score (nSPS) is 10.5. The molecule has 0 unspecified atom stereocenters. The van der Waals surface area contributed by atoms with Crippen LogP contribution in [-0.2, 0) is 13.2 Å². The molecule has 90 valence electrons. The average Bonchev–Trinajstić information content (AvgIpc) is 2.78. The topological polar surface area (TPSA) is 48.4 Å². The summed E-state index contributed by atoms with van der Waals surface area (Å²) < 4.78 is 12.0. The minimum Gasteiger partial charge on any atom is -0.489 e.